The molecule has 0 saturated carbocycles. The maximum Gasteiger partial charge on any atom is 0.458 e. The summed E-state index contributed by atoms with van der Waals surface area (Å²) in [5.74, 6) is 0.247. The van der Waals surface area contributed by atoms with Gasteiger partial charge in [0.05, 0.1) is 0 Å². The van der Waals surface area contributed by atoms with Crippen LogP contribution in [0, 0.1) is 5.92 Å². The smallest absolute Gasteiger partial charge is 0.342 e. The standard InChI is InChI=1S/C12H22IN2O3/c1-9(2)12(17)14(3)10-4-6-15(7-5-10)11(16)8-18-13/h9-10,13H,4-8H2,1-3H3/q+1. The van der Waals surface area contributed by atoms with Gasteiger partial charge in [0, 0.05) is 32.1 Å². The highest BCUT2D eigenvalue weighted by Crippen LogP contribution is 2.17. The van der Waals surface area contributed by atoms with E-state index in [1.165, 1.54) is 23.0 Å². The lowest BCUT2D eigenvalue weighted by atomic mass is 10.0. The van der Waals surface area contributed by atoms with E-state index >= 15 is 0 Å². The monoisotopic (exact) mass is 369 g/mol. The molecule has 2 amide bonds. The third kappa shape index (κ3) is 4.08. The van der Waals surface area contributed by atoms with Gasteiger partial charge in [0.2, 0.25) is 5.91 Å². The van der Waals surface area contributed by atoms with E-state index in [1.807, 2.05) is 30.7 Å². The lowest BCUT2D eigenvalue weighted by Gasteiger charge is -2.37. The largest absolute Gasteiger partial charge is 0.458 e. The summed E-state index contributed by atoms with van der Waals surface area (Å²) >= 11 is 1.46. The molecule has 0 N–H and O–H groups in total. The average molecular weight is 369 g/mol. The topological polar surface area (TPSA) is 49.9 Å². The van der Waals surface area contributed by atoms with E-state index in [9.17, 15) is 9.59 Å². The zero-order chi connectivity index (χ0) is 13.7. The molecule has 0 atom stereocenters. The number of likely N-dealkylation sites (tertiary alicyclic amines) is 1. The van der Waals surface area contributed by atoms with Gasteiger partial charge in [-0.2, -0.15) is 0 Å². The van der Waals surface area contributed by atoms with Gasteiger partial charge in [-0.3, -0.25) is 9.59 Å². The van der Waals surface area contributed by atoms with Crippen LogP contribution in [0.25, 0.3) is 0 Å². The van der Waals surface area contributed by atoms with E-state index in [1.54, 1.807) is 0 Å². The first-order valence-corrected chi connectivity index (χ1v) is 7.21. The number of piperidine rings is 1. The second kappa shape index (κ2) is 7.28. The van der Waals surface area contributed by atoms with Crippen molar-refractivity contribution in [2.24, 2.45) is 5.92 Å². The lowest BCUT2D eigenvalue weighted by molar-refractivity contribution is -0.685. The number of hydrogen-bond acceptors (Lipinski definition) is 3. The summed E-state index contributed by atoms with van der Waals surface area (Å²) in [6, 6.07) is 0.257. The molecule has 104 valence electrons. The van der Waals surface area contributed by atoms with Crippen molar-refractivity contribution in [3.8, 4) is 0 Å². The lowest BCUT2D eigenvalue weighted by Crippen LogP contribution is -3.34. The van der Waals surface area contributed by atoms with Crippen LogP contribution in [0.3, 0.4) is 0 Å². The normalized spacial score (nSPS) is 17.1. The van der Waals surface area contributed by atoms with Crippen molar-refractivity contribution in [1.82, 2.24) is 9.80 Å². The Morgan fingerprint density at radius 2 is 1.94 bits per heavy atom. The fraction of sp³-hybridized carbons (Fsp3) is 0.833. The van der Waals surface area contributed by atoms with Crippen LogP contribution in [-0.2, 0) is 12.7 Å². The summed E-state index contributed by atoms with van der Waals surface area (Å²) in [6.07, 6.45) is 1.70. The average Bonchev–Trinajstić information content (AvgIpc) is 2.37. The van der Waals surface area contributed by atoms with Crippen LogP contribution in [0.5, 0.6) is 0 Å². The van der Waals surface area contributed by atoms with Crippen molar-refractivity contribution in [3.63, 3.8) is 0 Å². The summed E-state index contributed by atoms with van der Waals surface area (Å²) in [4.78, 5) is 27.2. The van der Waals surface area contributed by atoms with Crippen LogP contribution in [0.2, 0.25) is 0 Å². The van der Waals surface area contributed by atoms with E-state index < -0.39 is 0 Å². The van der Waals surface area contributed by atoms with Crippen LogP contribution in [0.15, 0.2) is 0 Å². The molecule has 1 aliphatic heterocycles. The summed E-state index contributed by atoms with van der Waals surface area (Å²) in [7, 11) is 1.86. The van der Waals surface area contributed by atoms with Gasteiger partial charge >= 0.3 is 23.0 Å². The first-order valence-electron chi connectivity index (χ1n) is 6.26. The molecule has 0 radical (unpaired) electrons. The Balaban J connectivity index is 2.44. The fourth-order valence-electron chi connectivity index (χ4n) is 2.23. The van der Waals surface area contributed by atoms with Crippen molar-refractivity contribution in [2.45, 2.75) is 32.7 Å². The molecule has 1 aliphatic rings. The third-order valence-electron chi connectivity index (χ3n) is 3.39. The Bertz CT molecular complexity index is 302. The van der Waals surface area contributed by atoms with Gasteiger partial charge in [0.25, 0.3) is 5.91 Å². The minimum atomic E-state index is 0.0310. The maximum atomic E-state index is 11.9. The van der Waals surface area contributed by atoms with Crippen LogP contribution in [0.4, 0.5) is 0 Å². The molecule has 0 unspecified atom stereocenters. The van der Waals surface area contributed by atoms with E-state index in [4.69, 9.17) is 3.07 Å². The molecule has 1 heterocycles. The van der Waals surface area contributed by atoms with Gasteiger partial charge in [-0.05, 0) is 12.8 Å². The molecule has 5 nitrogen and oxygen atoms in total. The highest BCUT2D eigenvalue weighted by Gasteiger charge is 2.28. The number of hydrogen-bond donors (Lipinski definition) is 0. The highest BCUT2D eigenvalue weighted by molar-refractivity contribution is 5.78. The van der Waals surface area contributed by atoms with Gasteiger partial charge in [-0.25, -0.2) is 0 Å². The van der Waals surface area contributed by atoms with Crippen molar-refractivity contribution in [3.05, 3.63) is 0 Å². The second-order valence-corrected chi connectivity index (χ2v) is 5.65. The first-order chi connectivity index (χ1) is 8.47. The molecule has 0 spiro atoms. The Kier molecular flexibility index (Phi) is 6.34. The minimum absolute atomic E-state index is 0.0310. The highest BCUT2D eigenvalue weighted by atomic mass is 127. The molecule has 0 aromatic heterocycles. The number of amides is 2. The van der Waals surface area contributed by atoms with Crippen LogP contribution >= 0.6 is 0 Å². The van der Waals surface area contributed by atoms with E-state index in [-0.39, 0.29) is 30.4 Å². The molecule has 1 rings (SSSR count). The predicted octanol–water partition coefficient (Wildman–Crippen LogP) is -2.69. The summed E-state index contributed by atoms with van der Waals surface area (Å²) in [6.45, 7) is 5.40. The van der Waals surface area contributed by atoms with E-state index in [0.717, 1.165) is 12.8 Å². The molecule has 6 heteroatoms. The maximum absolute atomic E-state index is 11.9. The van der Waals surface area contributed by atoms with Crippen LogP contribution < -0.4 is 23.0 Å². The predicted molar refractivity (Wildman–Crippen MR) is 64.6 cm³/mol. The van der Waals surface area contributed by atoms with Crippen molar-refractivity contribution in [2.75, 3.05) is 26.7 Å². The van der Waals surface area contributed by atoms with Crippen molar-refractivity contribution < 1.29 is 35.7 Å². The second-order valence-electron chi connectivity index (χ2n) is 4.98. The first kappa shape index (κ1) is 15.7. The minimum Gasteiger partial charge on any atom is -0.342 e. The Morgan fingerprint density at radius 1 is 1.39 bits per heavy atom. The van der Waals surface area contributed by atoms with Crippen LogP contribution in [-0.4, -0.2) is 54.4 Å². The number of carbonyl (C=O) groups is 2. The zero-order valence-corrected chi connectivity index (χ0v) is 13.5. The summed E-state index contributed by atoms with van der Waals surface area (Å²) < 4.78 is 4.86. The Labute approximate surface area is 123 Å². The Morgan fingerprint density at radius 3 is 2.39 bits per heavy atom. The molecule has 1 fully saturated rings. The van der Waals surface area contributed by atoms with Gasteiger partial charge in [0.15, 0.2) is 6.61 Å². The third-order valence-corrected chi connectivity index (χ3v) is 3.73. The SMILES string of the molecule is CC(C)C(=O)N(C)C1CCN(C(=O)CO[IH+])CC1. The Hall–Kier alpha value is -0.370. The summed E-state index contributed by atoms with van der Waals surface area (Å²) in [5, 5.41) is 0. The van der Waals surface area contributed by atoms with Crippen molar-refractivity contribution >= 4 is 11.8 Å². The van der Waals surface area contributed by atoms with Gasteiger partial charge in [-0.1, -0.05) is 13.8 Å². The number of halogens is 1. The van der Waals surface area contributed by atoms with Gasteiger partial charge in [-0.15, -0.1) is 3.07 Å². The molecule has 0 bridgehead atoms. The zero-order valence-electron chi connectivity index (χ0n) is 11.2. The van der Waals surface area contributed by atoms with Gasteiger partial charge in [0.1, 0.15) is 0 Å². The van der Waals surface area contributed by atoms with E-state index in [2.05, 4.69) is 0 Å². The van der Waals surface area contributed by atoms with Crippen LogP contribution in [0.1, 0.15) is 26.7 Å². The molecule has 0 aromatic rings. The number of rotatable bonds is 4. The molecule has 1 saturated heterocycles. The molecule has 0 aliphatic carbocycles. The number of carbonyl (C=O) groups excluding carboxylic acids is 2. The molecular weight excluding hydrogens is 347 g/mol. The fourth-order valence-corrected chi connectivity index (χ4v) is 2.52. The quantitative estimate of drug-likeness (QED) is 0.508. The molecule has 0 aromatic carbocycles. The van der Waals surface area contributed by atoms with Crippen molar-refractivity contribution in [1.29, 1.82) is 0 Å². The molecular formula is C12H22IN2O3+. The molecule has 18 heavy (non-hydrogen) atoms. The number of nitrogens with zero attached hydrogens (tertiary/aromatic N) is 2. The van der Waals surface area contributed by atoms with Gasteiger partial charge < -0.3 is 9.80 Å². The summed E-state index contributed by atoms with van der Waals surface area (Å²) in [5.41, 5.74) is 0. The van der Waals surface area contributed by atoms with E-state index in [0.29, 0.717) is 13.1 Å².